The minimum absolute atomic E-state index is 0.129. The van der Waals surface area contributed by atoms with Crippen LogP contribution in [0.15, 0.2) is 18.2 Å². The van der Waals surface area contributed by atoms with E-state index in [0.717, 1.165) is 5.56 Å². The third kappa shape index (κ3) is 3.10. The molecule has 1 aliphatic rings. The van der Waals surface area contributed by atoms with Gasteiger partial charge < -0.3 is 9.64 Å². The summed E-state index contributed by atoms with van der Waals surface area (Å²) in [6, 6.07) is 4.23. The zero-order chi connectivity index (χ0) is 14.0. The lowest BCUT2D eigenvalue weighted by atomic mass is 10.0. The second kappa shape index (κ2) is 5.38. The molecule has 1 heterocycles. The number of fused-ring (bicyclic) bond motifs is 1. The fourth-order valence-electron chi connectivity index (χ4n) is 2.13. The third-order valence-corrected chi connectivity index (χ3v) is 2.90. The largest absolute Gasteiger partial charge is 0.462 e. The SMILES string of the molecule is CC(C)OC(=O)CN1C(=O)CCc2cc(F)ccc21. The first-order chi connectivity index (χ1) is 8.97. The first-order valence-electron chi connectivity index (χ1n) is 6.25. The lowest BCUT2D eigenvalue weighted by molar-refractivity contribution is -0.146. The van der Waals surface area contributed by atoms with Crippen LogP contribution >= 0.6 is 0 Å². The van der Waals surface area contributed by atoms with Gasteiger partial charge in [-0.25, -0.2) is 4.39 Å². The van der Waals surface area contributed by atoms with E-state index in [1.54, 1.807) is 13.8 Å². The second-order valence-corrected chi connectivity index (χ2v) is 4.79. The zero-order valence-electron chi connectivity index (χ0n) is 11.0. The van der Waals surface area contributed by atoms with Crippen LogP contribution in [0.4, 0.5) is 10.1 Å². The summed E-state index contributed by atoms with van der Waals surface area (Å²) in [5, 5.41) is 0. The molecule has 0 unspecified atom stereocenters. The second-order valence-electron chi connectivity index (χ2n) is 4.79. The molecule has 1 amide bonds. The van der Waals surface area contributed by atoms with Crippen molar-refractivity contribution in [2.24, 2.45) is 0 Å². The van der Waals surface area contributed by atoms with E-state index in [9.17, 15) is 14.0 Å². The minimum atomic E-state index is -0.458. The van der Waals surface area contributed by atoms with Crippen molar-refractivity contribution in [2.75, 3.05) is 11.4 Å². The molecule has 0 atom stereocenters. The van der Waals surface area contributed by atoms with Crippen LogP contribution in [0.3, 0.4) is 0 Å². The van der Waals surface area contributed by atoms with Crippen LogP contribution in [0.1, 0.15) is 25.8 Å². The van der Waals surface area contributed by atoms with Gasteiger partial charge in [0.1, 0.15) is 12.4 Å². The first-order valence-corrected chi connectivity index (χ1v) is 6.25. The van der Waals surface area contributed by atoms with Crippen LogP contribution in [0.5, 0.6) is 0 Å². The Morgan fingerprint density at radius 2 is 2.16 bits per heavy atom. The zero-order valence-corrected chi connectivity index (χ0v) is 11.0. The molecule has 19 heavy (non-hydrogen) atoms. The number of hydrogen-bond acceptors (Lipinski definition) is 3. The van der Waals surface area contributed by atoms with Crippen LogP contribution < -0.4 is 4.90 Å². The topological polar surface area (TPSA) is 46.6 Å². The van der Waals surface area contributed by atoms with E-state index in [-0.39, 0.29) is 30.8 Å². The molecular formula is C14H16FNO3. The van der Waals surface area contributed by atoms with Crippen molar-refractivity contribution in [2.45, 2.75) is 32.8 Å². The lowest BCUT2D eigenvalue weighted by Crippen LogP contribution is -2.40. The van der Waals surface area contributed by atoms with Gasteiger partial charge in [0.05, 0.1) is 6.10 Å². The summed E-state index contributed by atoms with van der Waals surface area (Å²) < 4.78 is 18.2. The van der Waals surface area contributed by atoms with Crippen molar-refractivity contribution < 1.29 is 18.7 Å². The summed E-state index contributed by atoms with van der Waals surface area (Å²) in [4.78, 5) is 24.9. The van der Waals surface area contributed by atoms with E-state index in [1.807, 2.05) is 0 Å². The number of nitrogens with zero attached hydrogens (tertiary/aromatic N) is 1. The molecule has 0 fully saturated rings. The number of aryl methyl sites for hydroxylation is 1. The number of anilines is 1. The molecule has 0 radical (unpaired) electrons. The Bertz CT molecular complexity index is 513. The molecule has 1 aliphatic heterocycles. The molecule has 2 rings (SSSR count). The smallest absolute Gasteiger partial charge is 0.326 e. The van der Waals surface area contributed by atoms with Gasteiger partial charge in [0.15, 0.2) is 0 Å². The summed E-state index contributed by atoms with van der Waals surface area (Å²) >= 11 is 0. The van der Waals surface area contributed by atoms with Gasteiger partial charge in [0.2, 0.25) is 5.91 Å². The molecule has 0 N–H and O–H groups in total. The standard InChI is InChI=1S/C14H16FNO3/c1-9(2)19-14(18)8-16-12-5-4-11(15)7-10(12)3-6-13(16)17/h4-5,7,9H,3,6,8H2,1-2H3. The average Bonchev–Trinajstić information content (AvgIpc) is 2.32. The Balaban J connectivity index is 2.21. The minimum Gasteiger partial charge on any atom is -0.462 e. The highest BCUT2D eigenvalue weighted by Gasteiger charge is 2.26. The van der Waals surface area contributed by atoms with E-state index in [2.05, 4.69) is 0 Å². The number of halogens is 1. The fourth-order valence-corrected chi connectivity index (χ4v) is 2.13. The van der Waals surface area contributed by atoms with Crippen molar-refractivity contribution in [3.05, 3.63) is 29.6 Å². The summed E-state index contributed by atoms with van der Waals surface area (Å²) in [6.45, 7) is 3.37. The summed E-state index contributed by atoms with van der Waals surface area (Å²) in [6.07, 6.45) is 0.563. The van der Waals surface area contributed by atoms with Crippen LogP contribution in [-0.4, -0.2) is 24.5 Å². The van der Waals surface area contributed by atoms with Crippen LogP contribution in [0.25, 0.3) is 0 Å². The number of carbonyl (C=O) groups excluding carboxylic acids is 2. The molecule has 0 saturated carbocycles. The molecule has 0 spiro atoms. The van der Waals surface area contributed by atoms with Gasteiger partial charge in [-0.1, -0.05) is 0 Å². The maximum atomic E-state index is 13.2. The van der Waals surface area contributed by atoms with Crippen molar-refractivity contribution >= 4 is 17.6 Å². The maximum Gasteiger partial charge on any atom is 0.326 e. The summed E-state index contributed by atoms with van der Waals surface area (Å²) in [7, 11) is 0. The highest BCUT2D eigenvalue weighted by atomic mass is 19.1. The Hall–Kier alpha value is -1.91. The predicted octanol–water partition coefficient (Wildman–Crippen LogP) is 2.06. The molecule has 0 aromatic heterocycles. The molecule has 1 aromatic rings. The van der Waals surface area contributed by atoms with Crippen LogP contribution in [0.2, 0.25) is 0 Å². The Kier molecular flexibility index (Phi) is 3.83. The number of carbonyl (C=O) groups is 2. The van der Waals surface area contributed by atoms with Gasteiger partial charge >= 0.3 is 5.97 Å². The normalized spacial score (nSPS) is 14.5. The molecule has 102 valence electrons. The van der Waals surface area contributed by atoms with Gasteiger partial charge in [0, 0.05) is 12.1 Å². The van der Waals surface area contributed by atoms with E-state index < -0.39 is 5.97 Å². The van der Waals surface area contributed by atoms with Gasteiger partial charge in [-0.15, -0.1) is 0 Å². The summed E-state index contributed by atoms with van der Waals surface area (Å²) in [5.74, 6) is -0.932. The number of benzene rings is 1. The van der Waals surface area contributed by atoms with Gasteiger partial charge in [0.25, 0.3) is 0 Å². The number of ether oxygens (including phenoxy) is 1. The molecule has 4 nitrogen and oxygen atoms in total. The van der Waals surface area contributed by atoms with Gasteiger partial charge in [-0.3, -0.25) is 9.59 Å². The molecule has 1 aromatic carbocycles. The van der Waals surface area contributed by atoms with Crippen molar-refractivity contribution in [1.82, 2.24) is 0 Å². The van der Waals surface area contributed by atoms with Crippen LogP contribution in [-0.2, 0) is 20.7 Å². The number of esters is 1. The Morgan fingerprint density at radius 1 is 1.42 bits per heavy atom. The van der Waals surface area contributed by atoms with Crippen LogP contribution in [0, 0.1) is 5.82 Å². The van der Waals surface area contributed by atoms with E-state index in [4.69, 9.17) is 4.74 Å². The summed E-state index contributed by atoms with van der Waals surface area (Å²) in [5.41, 5.74) is 1.34. The highest BCUT2D eigenvalue weighted by molar-refractivity contribution is 6.00. The Labute approximate surface area is 111 Å². The van der Waals surface area contributed by atoms with E-state index >= 15 is 0 Å². The predicted molar refractivity (Wildman–Crippen MR) is 68.3 cm³/mol. The molecule has 0 bridgehead atoms. The van der Waals surface area contributed by atoms with Crippen molar-refractivity contribution in [3.63, 3.8) is 0 Å². The molecule has 5 heteroatoms. The number of hydrogen-bond donors (Lipinski definition) is 0. The number of rotatable bonds is 3. The molecule has 0 saturated heterocycles. The number of amides is 1. The average molecular weight is 265 g/mol. The maximum absolute atomic E-state index is 13.2. The van der Waals surface area contributed by atoms with E-state index in [1.165, 1.54) is 23.1 Å². The fraction of sp³-hybridized carbons (Fsp3) is 0.429. The molecule has 0 aliphatic carbocycles. The first kappa shape index (κ1) is 13.5. The third-order valence-electron chi connectivity index (χ3n) is 2.90. The molecular weight excluding hydrogens is 249 g/mol. The Morgan fingerprint density at radius 3 is 2.84 bits per heavy atom. The van der Waals surface area contributed by atoms with Gasteiger partial charge in [-0.2, -0.15) is 0 Å². The van der Waals surface area contributed by atoms with Crippen molar-refractivity contribution in [1.29, 1.82) is 0 Å². The quantitative estimate of drug-likeness (QED) is 0.786. The van der Waals surface area contributed by atoms with Gasteiger partial charge in [-0.05, 0) is 44.0 Å². The highest BCUT2D eigenvalue weighted by Crippen LogP contribution is 2.28. The lowest BCUT2D eigenvalue weighted by Gasteiger charge is -2.28. The van der Waals surface area contributed by atoms with E-state index in [0.29, 0.717) is 12.1 Å². The monoisotopic (exact) mass is 265 g/mol. The van der Waals surface area contributed by atoms with Crippen molar-refractivity contribution in [3.8, 4) is 0 Å².